The van der Waals surface area contributed by atoms with Gasteiger partial charge in [-0.05, 0) is 69.0 Å². The number of nitrogens with one attached hydrogen (secondary N) is 3. The molecule has 3 aromatic rings. The molecule has 0 radical (unpaired) electrons. The van der Waals surface area contributed by atoms with Crippen LogP contribution < -0.4 is 20.7 Å². The first kappa shape index (κ1) is 32.1. The minimum absolute atomic E-state index is 0.0505. The van der Waals surface area contributed by atoms with Crippen LogP contribution in [0.25, 0.3) is 0 Å². The first-order chi connectivity index (χ1) is 21.9. The first-order valence-corrected chi connectivity index (χ1v) is 18.0. The van der Waals surface area contributed by atoms with Gasteiger partial charge in [-0.3, -0.25) is 9.78 Å². The average Bonchev–Trinajstić information content (AvgIpc) is 3.57. The van der Waals surface area contributed by atoms with E-state index in [2.05, 4.69) is 38.0 Å². The van der Waals surface area contributed by atoms with E-state index in [0.29, 0.717) is 19.6 Å². The number of pyridine rings is 1. The maximum absolute atomic E-state index is 13.6. The van der Waals surface area contributed by atoms with Gasteiger partial charge in [0.25, 0.3) is 5.91 Å². The molecule has 3 aliphatic heterocycles. The van der Waals surface area contributed by atoms with E-state index in [1.165, 1.54) is 11.8 Å². The van der Waals surface area contributed by atoms with E-state index in [-0.39, 0.29) is 30.5 Å². The number of rotatable bonds is 11. The number of hydrogen-bond acceptors (Lipinski definition) is 10. The van der Waals surface area contributed by atoms with Crippen molar-refractivity contribution in [3.8, 4) is 5.75 Å². The van der Waals surface area contributed by atoms with Crippen LogP contribution in [0, 0.1) is 20.8 Å². The fourth-order valence-electron chi connectivity index (χ4n) is 6.69. The molecule has 46 heavy (non-hydrogen) atoms. The Balaban J connectivity index is 1.07. The van der Waals surface area contributed by atoms with Gasteiger partial charge in [-0.15, -0.1) is 0 Å². The average molecular weight is 649 g/mol. The van der Waals surface area contributed by atoms with Crippen molar-refractivity contribution in [1.82, 2.24) is 14.8 Å². The number of benzene rings is 2. The van der Waals surface area contributed by atoms with Gasteiger partial charge >= 0.3 is 0 Å². The van der Waals surface area contributed by atoms with Crippen molar-refractivity contribution in [2.45, 2.75) is 58.5 Å². The monoisotopic (exact) mass is 648 g/mol. The summed E-state index contributed by atoms with van der Waals surface area (Å²) in [6, 6.07) is 12.1. The van der Waals surface area contributed by atoms with Crippen LogP contribution in [-0.2, 0) is 16.4 Å². The molecule has 11 nitrogen and oxygen atoms in total. The predicted octanol–water partition coefficient (Wildman–Crippen LogP) is 3.86. The second kappa shape index (κ2) is 13.1. The number of sulfone groups is 1. The molecule has 0 aliphatic carbocycles. The molecule has 1 saturated heterocycles. The Kier molecular flexibility index (Phi) is 9.13. The number of anilines is 3. The summed E-state index contributed by atoms with van der Waals surface area (Å²) in [4.78, 5) is 22.2. The summed E-state index contributed by atoms with van der Waals surface area (Å²) in [5.74, 6) is 0.984. The highest BCUT2D eigenvalue weighted by Gasteiger charge is 2.37. The van der Waals surface area contributed by atoms with Crippen molar-refractivity contribution in [2.75, 3.05) is 60.7 Å². The maximum atomic E-state index is 13.6. The van der Waals surface area contributed by atoms with E-state index in [9.17, 15) is 18.3 Å². The van der Waals surface area contributed by atoms with E-state index < -0.39 is 15.9 Å². The van der Waals surface area contributed by atoms with Crippen LogP contribution in [0.1, 0.15) is 57.3 Å². The van der Waals surface area contributed by atoms with Crippen LogP contribution in [-0.4, -0.2) is 91.2 Å². The van der Waals surface area contributed by atoms with Crippen molar-refractivity contribution >= 4 is 32.8 Å². The van der Waals surface area contributed by atoms with Gasteiger partial charge in [0.1, 0.15) is 34.5 Å². The van der Waals surface area contributed by atoms with Crippen molar-refractivity contribution in [3.63, 3.8) is 0 Å². The van der Waals surface area contributed by atoms with E-state index in [1.807, 2.05) is 49.9 Å². The molecule has 2 aromatic carbocycles. The Bertz CT molecular complexity index is 1720. The predicted molar refractivity (Wildman–Crippen MR) is 180 cm³/mol. The van der Waals surface area contributed by atoms with Crippen LogP contribution in [0.2, 0.25) is 0 Å². The van der Waals surface area contributed by atoms with Gasteiger partial charge in [0.15, 0.2) is 0 Å². The van der Waals surface area contributed by atoms with E-state index in [4.69, 9.17) is 4.74 Å². The zero-order chi connectivity index (χ0) is 32.6. The van der Waals surface area contributed by atoms with Crippen molar-refractivity contribution in [1.29, 1.82) is 0 Å². The molecular formula is C34H44N6O5S. The number of aromatic nitrogens is 1. The molecule has 0 spiro atoms. The number of likely N-dealkylation sites (tertiary alicyclic amines) is 1. The number of amides is 1. The van der Waals surface area contributed by atoms with Gasteiger partial charge < -0.3 is 35.6 Å². The zero-order valence-electron chi connectivity index (χ0n) is 27.0. The molecular weight excluding hydrogens is 604 g/mol. The highest BCUT2D eigenvalue weighted by Crippen LogP contribution is 2.42. The van der Waals surface area contributed by atoms with E-state index in [0.717, 1.165) is 76.7 Å². The molecule has 246 valence electrons. The van der Waals surface area contributed by atoms with E-state index >= 15 is 0 Å². The Morgan fingerprint density at radius 1 is 1.09 bits per heavy atom. The second-order valence-electron chi connectivity index (χ2n) is 12.9. The summed E-state index contributed by atoms with van der Waals surface area (Å²) < 4.78 is 29.0. The van der Waals surface area contributed by atoms with Gasteiger partial charge in [0.2, 0.25) is 0 Å². The molecule has 1 unspecified atom stereocenters. The molecule has 4 N–H and O–H groups in total. The Labute approximate surface area is 271 Å². The van der Waals surface area contributed by atoms with E-state index in [1.54, 1.807) is 6.20 Å². The minimum atomic E-state index is -2.99. The summed E-state index contributed by atoms with van der Waals surface area (Å²) in [6.07, 6.45) is 3.71. The lowest BCUT2D eigenvalue weighted by molar-refractivity contribution is 0.0603. The number of carbonyl (C=O) groups excluding carboxylic acids is 1. The standard InChI is InChI=1S/C34H44N6O5S/c1-21-5-6-31(22(2)15-21)45-20-26(41)18-36-28-7-10-35-23(3)32(28)33-37-29-16-24-19-40(34(42)27(24)17-30(29)38-33)25-8-11-39(12-9-25)13-14-46(4,43)44/h5-7,10,15-17,25-26,33,37-38,41H,8-9,11-14,18-20H2,1-4H3,(H,35,36)/t26-,33?/m1/s1. The lowest BCUT2D eigenvalue weighted by Gasteiger charge is -2.36. The smallest absolute Gasteiger partial charge is 0.254 e. The number of piperidine rings is 1. The molecule has 1 amide bonds. The Morgan fingerprint density at radius 3 is 2.54 bits per heavy atom. The molecule has 4 heterocycles. The maximum Gasteiger partial charge on any atom is 0.254 e. The summed E-state index contributed by atoms with van der Waals surface area (Å²) >= 11 is 0. The third-order valence-electron chi connectivity index (χ3n) is 9.22. The highest BCUT2D eigenvalue weighted by atomic mass is 32.2. The summed E-state index contributed by atoms with van der Waals surface area (Å²) in [6.45, 7) is 9.16. The molecule has 0 bridgehead atoms. The Morgan fingerprint density at radius 2 is 1.83 bits per heavy atom. The second-order valence-corrected chi connectivity index (χ2v) is 15.1. The van der Waals surface area contributed by atoms with Crippen molar-refractivity contribution in [2.24, 2.45) is 0 Å². The first-order valence-electron chi connectivity index (χ1n) is 15.9. The molecule has 12 heteroatoms. The minimum Gasteiger partial charge on any atom is -0.491 e. The largest absolute Gasteiger partial charge is 0.491 e. The van der Waals surface area contributed by atoms with Gasteiger partial charge in [-0.2, -0.15) is 0 Å². The summed E-state index contributed by atoms with van der Waals surface area (Å²) in [5.41, 5.74) is 8.38. The van der Waals surface area contributed by atoms with Crippen molar-refractivity contribution in [3.05, 3.63) is 76.1 Å². The fourth-order valence-corrected chi connectivity index (χ4v) is 7.28. The van der Waals surface area contributed by atoms with Crippen LogP contribution in [0.4, 0.5) is 17.1 Å². The number of aliphatic hydroxyl groups is 1. The molecule has 1 fully saturated rings. The fraction of sp³-hybridized carbons (Fsp3) is 0.471. The SMILES string of the molecule is Cc1ccc(OC[C@H](O)CNc2ccnc(C)c2C2Nc3cc4c(cc3N2)C(=O)N(C2CCN(CCS(C)(=O)=O)CC2)C4)c(C)c1. The zero-order valence-corrected chi connectivity index (χ0v) is 27.8. The number of nitrogens with zero attached hydrogens (tertiary/aromatic N) is 3. The number of ether oxygens (including phenoxy) is 1. The van der Waals surface area contributed by atoms with Gasteiger partial charge in [0, 0.05) is 73.7 Å². The highest BCUT2D eigenvalue weighted by molar-refractivity contribution is 7.90. The molecule has 1 aromatic heterocycles. The van der Waals surface area contributed by atoms with Gasteiger partial charge in [-0.1, -0.05) is 17.7 Å². The molecule has 3 aliphatic rings. The number of fused-ring (bicyclic) bond motifs is 2. The normalized spacial score (nSPS) is 18.9. The van der Waals surface area contributed by atoms with Crippen LogP contribution in [0.15, 0.2) is 42.6 Å². The molecule has 0 saturated carbocycles. The van der Waals surface area contributed by atoms with Crippen LogP contribution in [0.5, 0.6) is 5.75 Å². The number of carbonyl (C=O) groups is 1. The lowest BCUT2D eigenvalue weighted by atomic mass is 10.0. The third kappa shape index (κ3) is 7.08. The molecule has 2 atom stereocenters. The van der Waals surface area contributed by atoms with Crippen molar-refractivity contribution < 1.29 is 23.1 Å². The van der Waals surface area contributed by atoms with Crippen LogP contribution >= 0.6 is 0 Å². The Hall–Kier alpha value is -3.87. The number of hydrogen-bond donors (Lipinski definition) is 4. The van der Waals surface area contributed by atoms with Crippen LogP contribution in [0.3, 0.4) is 0 Å². The quantitative estimate of drug-likeness (QED) is 0.243. The molecule has 6 rings (SSSR count). The topological polar surface area (TPSA) is 136 Å². The summed E-state index contributed by atoms with van der Waals surface area (Å²) in [7, 11) is -2.99. The van der Waals surface area contributed by atoms with Gasteiger partial charge in [0.05, 0.1) is 17.1 Å². The third-order valence-corrected chi connectivity index (χ3v) is 10.1. The summed E-state index contributed by atoms with van der Waals surface area (Å²) in [5, 5.41) is 21.2. The van der Waals surface area contributed by atoms with Gasteiger partial charge in [-0.25, -0.2) is 8.42 Å². The lowest BCUT2D eigenvalue weighted by Crippen LogP contribution is -2.45. The number of aryl methyl sites for hydroxylation is 3. The number of aliphatic hydroxyl groups excluding tert-OH is 1.